The van der Waals surface area contributed by atoms with Gasteiger partial charge in [-0.25, -0.2) is 0 Å². The monoisotopic (exact) mass is 347 g/mol. The van der Waals surface area contributed by atoms with Crippen LogP contribution in [0.25, 0.3) is 10.9 Å². The van der Waals surface area contributed by atoms with Gasteiger partial charge >= 0.3 is 0 Å². The summed E-state index contributed by atoms with van der Waals surface area (Å²) in [6.45, 7) is 0. The summed E-state index contributed by atoms with van der Waals surface area (Å²) in [5.41, 5.74) is 3.38. The first-order valence-electron chi connectivity index (χ1n) is 8.01. The molecular weight excluding hydrogens is 330 g/mol. The van der Waals surface area contributed by atoms with Crippen LogP contribution in [0.1, 0.15) is 17.0 Å². The Labute approximate surface area is 150 Å². The molecule has 0 aliphatic heterocycles. The van der Waals surface area contributed by atoms with Gasteiger partial charge in [-0.2, -0.15) is 14.9 Å². The Morgan fingerprint density at radius 2 is 1.88 bits per heavy atom. The standard InChI is InChI=1S/C19H17N5S/c1-23-13-15(16-9-5-6-10-17(16)23)12-20-24-18(21-22-19(24)25)11-14-7-3-2-4-8-14/h2-10,12-13H,11H2,1H3,(H,22,25)/b20-12-. The molecule has 0 saturated carbocycles. The zero-order valence-corrected chi connectivity index (χ0v) is 14.6. The van der Waals surface area contributed by atoms with E-state index in [4.69, 9.17) is 12.2 Å². The molecule has 0 unspecified atom stereocenters. The molecule has 2 aromatic carbocycles. The first kappa shape index (κ1) is 15.5. The maximum absolute atomic E-state index is 5.33. The molecule has 0 aliphatic rings. The van der Waals surface area contributed by atoms with E-state index in [0.29, 0.717) is 11.2 Å². The molecule has 0 spiro atoms. The molecule has 0 fully saturated rings. The van der Waals surface area contributed by atoms with Crippen molar-refractivity contribution in [2.24, 2.45) is 12.1 Å². The van der Waals surface area contributed by atoms with Crippen LogP contribution in [-0.4, -0.2) is 25.7 Å². The Balaban J connectivity index is 1.70. The van der Waals surface area contributed by atoms with E-state index >= 15 is 0 Å². The molecule has 6 heteroatoms. The van der Waals surface area contributed by atoms with Crippen LogP contribution >= 0.6 is 12.2 Å². The van der Waals surface area contributed by atoms with Gasteiger partial charge < -0.3 is 4.57 Å². The van der Waals surface area contributed by atoms with E-state index in [2.05, 4.69) is 50.3 Å². The number of aromatic amines is 1. The van der Waals surface area contributed by atoms with Crippen LogP contribution in [-0.2, 0) is 13.5 Å². The van der Waals surface area contributed by atoms with Gasteiger partial charge in [-0.15, -0.1) is 0 Å². The van der Waals surface area contributed by atoms with E-state index in [1.165, 1.54) is 5.52 Å². The van der Waals surface area contributed by atoms with Gasteiger partial charge in [-0.1, -0.05) is 48.5 Å². The second kappa shape index (κ2) is 6.49. The zero-order chi connectivity index (χ0) is 17.2. The molecule has 0 aliphatic carbocycles. The van der Waals surface area contributed by atoms with Crippen molar-refractivity contribution in [2.75, 3.05) is 0 Å². The van der Waals surface area contributed by atoms with Gasteiger partial charge in [0, 0.05) is 36.1 Å². The second-order valence-corrected chi connectivity index (χ2v) is 6.26. The largest absolute Gasteiger partial charge is 0.350 e. The first-order chi connectivity index (χ1) is 12.2. The highest BCUT2D eigenvalue weighted by atomic mass is 32.1. The van der Waals surface area contributed by atoms with Crippen LogP contribution in [0.4, 0.5) is 0 Å². The summed E-state index contributed by atoms with van der Waals surface area (Å²) in [7, 11) is 2.03. The van der Waals surface area contributed by atoms with Crippen LogP contribution in [0.5, 0.6) is 0 Å². The minimum Gasteiger partial charge on any atom is -0.350 e. The molecule has 1 N–H and O–H groups in total. The van der Waals surface area contributed by atoms with Gasteiger partial charge in [-0.3, -0.25) is 5.10 Å². The van der Waals surface area contributed by atoms with Crippen molar-refractivity contribution in [3.8, 4) is 0 Å². The third-order valence-electron chi connectivity index (χ3n) is 4.16. The smallest absolute Gasteiger partial charge is 0.216 e. The van der Waals surface area contributed by atoms with Crippen molar-refractivity contribution >= 4 is 29.3 Å². The van der Waals surface area contributed by atoms with E-state index in [1.54, 1.807) is 4.68 Å². The Morgan fingerprint density at radius 3 is 2.72 bits per heavy atom. The van der Waals surface area contributed by atoms with E-state index in [-0.39, 0.29) is 0 Å². The highest BCUT2D eigenvalue weighted by Gasteiger charge is 2.07. The number of fused-ring (bicyclic) bond motifs is 1. The quantitative estimate of drug-likeness (QED) is 0.449. The number of benzene rings is 2. The van der Waals surface area contributed by atoms with Crippen molar-refractivity contribution < 1.29 is 0 Å². The Bertz CT molecular complexity index is 1100. The number of hydrogen-bond donors (Lipinski definition) is 1. The van der Waals surface area contributed by atoms with Crippen molar-refractivity contribution in [1.29, 1.82) is 0 Å². The van der Waals surface area contributed by atoms with E-state index in [9.17, 15) is 0 Å². The summed E-state index contributed by atoms with van der Waals surface area (Å²) < 4.78 is 4.27. The summed E-state index contributed by atoms with van der Waals surface area (Å²) in [6, 6.07) is 18.4. The lowest BCUT2D eigenvalue weighted by Crippen LogP contribution is -2.00. The molecule has 0 saturated heterocycles. The van der Waals surface area contributed by atoms with Crippen LogP contribution in [0.15, 0.2) is 65.9 Å². The number of nitrogens with zero attached hydrogens (tertiary/aromatic N) is 4. The SMILES string of the molecule is Cn1cc(/C=N\n2c(Cc3ccccc3)n[nH]c2=S)c2ccccc21. The van der Waals surface area contributed by atoms with Gasteiger partial charge in [0.05, 0.1) is 6.21 Å². The predicted octanol–water partition coefficient (Wildman–Crippen LogP) is 3.91. The zero-order valence-electron chi connectivity index (χ0n) is 13.8. The second-order valence-electron chi connectivity index (χ2n) is 5.88. The number of aryl methyl sites for hydroxylation is 1. The van der Waals surface area contributed by atoms with Crippen molar-refractivity contribution in [2.45, 2.75) is 6.42 Å². The predicted molar refractivity (Wildman–Crippen MR) is 103 cm³/mol. The lowest BCUT2D eigenvalue weighted by Gasteiger charge is -2.01. The molecule has 4 aromatic rings. The Hall–Kier alpha value is -2.99. The van der Waals surface area contributed by atoms with E-state index in [0.717, 1.165) is 22.3 Å². The molecular formula is C19H17N5S. The van der Waals surface area contributed by atoms with Gasteiger partial charge in [0.2, 0.25) is 4.77 Å². The minimum absolute atomic E-state index is 0.488. The van der Waals surface area contributed by atoms with Crippen LogP contribution in [0, 0.1) is 4.77 Å². The van der Waals surface area contributed by atoms with Gasteiger partial charge in [-0.05, 0) is 23.8 Å². The highest BCUT2D eigenvalue weighted by Crippen LogP contribution is 2.18. The highest BCUT2D eigenvalue weighted by molar-refractivity contribution is 7.71. The average molecular weight is 347 g/mol. The molecule has 0 bridgehead atoms. The van der Waals surface area contributed by atoms with Crippen LogP contribution < -0.4 is 0 Å². The van der Waals surface area contributed by atoms with Crippen molar-refractivity contribution in [3.05, 3.63) is 82.5 Å². The molecule has 4 rings (SSSR count). The van der Waals surface area contributed by atoms with Crippen molar-refractivity contribution in [1.82, 2.24) is 19.4 Å². The fourth-order valence-corrected chi connectivity index (χ4v) is 3.13. The summed E-state index contributed by atoms with van der Waals surface area (Å²) in [5.74, 6) is 0.785. The lowest BCUT2D eigenvalue weighted by molar-refractivity contribution is 0.792. The summed E-state index contributed by atoms with van der Waals surface area (Å²) in [4.78, 5) is 0. The average Bonchev–Trinajstić information content (AvgIpc) is 3.15. The summed E-state index contributed by atoms with van der Waals surface area (Å²) >= 11 is 5.33. The summed E-state index contributed by atoms with van der Waals surface area (Å²) in [6.07, 6.45) is 4.57. The molecule has 2 aromatic heterocycles. The number of para-hydroxylation sites is 1. The molecule has 0 atom stereocenters. The summed E-state index contributed by atoms with van der Waals surface area (Å²) in [5, 5.41) is 12.9. The molecule has 0 amide bonds. The molecule has 5 nitrogen and oxygen atoms in total. The topological polar surface area (TPSA) is 50.9 Å². The maximum Gasteiger partial charge on any atom is 0.216 e. The normalized spacial score (nSPS) is 11.6. The molecule has 124 valence electrons. The number of aromatic nitrogens is 4. The third kappa shape index (κ3) is 3.04. The molecule has 2 heterocycles. The Kier molecular flexibility index (Phi) is 4.03. The van der Waals surface area contributed by atoms with Gasteiger partial charge in [0.25, 0.3) is 0 Å². The van der Waals surface area contributed by atoms with Crippen LogP contribution in [0.3, 0.4) is 0 Å². The lowest BCUT2D eigenvalue weighted by atomic mass is 10.1. The number of hydrogen-bond acceptors (Lipinski definition) is 3. The fourth-order valence-electron chi connectivity index (χ4n) is 2.93. The first-order valence-corrected chi connectivity index (χ1v) is 8.42. The third-order valence-corrected chi connectivity index (χ3v) is 4.43. The maximum atomic E-state index is 5.33. The molecule has 0 radical (unpaired) electrons. The van der Waals surface area contributed by atoms with E-state index in [1.807, 2.05) is 43.6 Å². The Morgan fingerprint density at radius 1 is 1.12 bits per heavy atom. The molecule has 25 heavy (non-hydrogen) atoms. The fraction of sp³-hybridized carbons (Fsp3) is 0.105. The number of H-pyrrole nitrogens is 1. The van der Waals surface area contributed by atoms with Gasteiger partial charge in [0.1, 0.15) is 0 Å². The van der Waals surface area contributed by atoms with Crippen molar-refractivity contribution in [3.63, 3.8) is 0 Å². The van der Waals surface area contributed by atoms with Gasteiger partial charge in [0.15, 0.2) is 5.82 Å². The number of nitrogens with one attached hydrogen (secondary N) is 1. The van der Waals surface area contributed by atoms with E-state index < -0.39 is 0 Å². The minimum atomic E-state index is 0.488. The van der Waals surface area contributed by atoms with Crippen LogP contribution in [0.2, 0.25) is 0 Å². The number of rotatable bonds is 4.